The molecule has 0 bridgehead atoms. The summed E-state index contributed by atoms with van der Waals surface area (Å²) in [4.78, 5) is 39.4. The first-order valence-corrected chi connectivity index (χ1v) is 12.7. The molecule has 0 unspecified atom stereocenters. The summed E-state index contributed by atoms with van der Waals surface area (Å²) in [5, 5.41) is 4.00. The van der Waals surface area contributed by atoms with Gasteiger partial charge in [0.15, 0.2) is 0 Å². The van der Waals surface area contributed by atoms with Crippen LogP contribution >= 0.6 is 11.6 Å². The van der Waals surface area contributed by atoms with Gasteiger partial charge < -0.3 is 5.32 Å². The van der Waals surface area contributed by atoms with Crippen LogP contribution in [0.1, 0.15) is 32.6 Å². The highest BCUT2D eigenvalue weighted by atomic mass is 35.5. The van der Waals surface area contributed by atoms with Crippen molar-refractivity contribution < 1.29 is 4.79 Å². The van der Waals surface area contributed by atoms with E-state index >= 15 is 0 Å². The van der Waals surface area contributed by atoms with Crippen molar-refractivity contribution in [1.29, 1.82) is 0 Å². The van der Waals surface area contributed by atoms with Crippen molar-refractivity contribution in [1.82, 2.24) is 14.5 Å². The number of nitrogens with one attached hydrogen (secondary N) is 1. The number of nitrogens with zero attached hydrogens (tertiary/aromatic N) is 2. The van der Waals surface area contributed by atoms with Crippen molar-refractivity contribution in [2.24, 2.45) is 0 Å². The zero-order chi connectivity index (χ0) is 26.6. The number of aryl methyl sites for hydroxylation is 1. The molecule has 0 fully saturated rings. The Kier molecular flexibility index (Phi) is 7.24. The molecule has 7 heteroatoms. The molecule has 0 atom stereocenters. The molecule has 6 nitrogen and oxygen atoms in total. The van der Waals surface area contributed by atoms with Crippen molar-refractivity contribution in [2.45, 2.75) is 26.6 Å². The summed E-state index contributed by atoms with van der Waals surface area (Å²) in [6.07, 6.45) is 0. The number of amides is 1. The van der Waals surface area contributed by atoms with E-state index < -0.39 is 5.69 Å². The van der Waals surface area contributed by atoms with Crippen LogP contribution in [0.5, 0.6) is 0 Å². The largest absolute Gasteiger partial charge is 0.348 e. The van der Waals surface area contributed by atoms with E-state index in [1.54, 1.807) is 59.2 Å². The third-order valence-corrected chi connectivity index (χ3v) is 6.77. The van der Waals surface area contributed by atoms with E-state index in [2.05, 4.69) is 5.32 Å². The highest BCUT2D eigenvalue weighted by molar-refractivity contribution is 6.30. The van der Waals surface area contributed by atoms with Crippen LogP contribution in [0.3, 0.4) is 0 Å². The summed E-state index contributed by atoms with van der Waals surface area (Å²) in [7, 11) is 0. The van der Waals surface area contributed by atoms with E-state index in [4.69, 9.17) is 11.6 Å². The predicted molar refractivity (Wildman–Crippen MR) is 151 cm³/mol. The summed E-state index contributed by atoms with van der Waals surface area (Å²) in [5.41, 5.74) is 4.16. The SMILES string of the molecule is Cc1ccc(CNC(=O)c2ccc(Cn3c(=O)c4ccccc4n(Cc4ccc(Cl)cc4)c3=O)cc2)cc1. The number of rotatable bonds is 7. The molecule has 0 aliphatic heterocycles. The second-order valence-electron chi connectivity index (χ2n) is 9.27. The maximum Gasteiger partial charge on any atom is 0.332 e. The van der Waals surface area contributed by atoms with E-state index in [0.717, 1.165) is 22.3 Å². The lowest BCUT2D eigenvalue weighted by Gasteiger charge is -2.15. The normalized spacial score (nSPS) is 11.0. The van der Waals surface area contributed by atoms with Crippen molar-refractivity contribution in [2.75, 3.05) is 0 Å². The van der Waals surface area contributed by atoms with E-state index in [0.29, 0.717) is 34.6 Å². The molecule has 5 aromatic rings. The average Bonchev–Trinajstić information content (AvgIpc) is 2.94. The second-order valence-corrected chi connectivity index (χ2v) is 9.71. The maximum absolute atomic E-state index is 13.5. The van der Waals surface area contributed by atoms with Crippen LogP contribution in [0.2, 0.25) is 5.02 Å². The number of hydrogen-bond acceptors (Lipinski definition) is 3. The van der Waals surface area contributed by atoms with Gasteiger partial charge >= 0.3 is 5.69 Å². The van der Waals surface area contributed by atoms with Crippen molar-refractivity contribution in [3.63, 3.8) is 0 Å². The lowest BCUT2D eigenvalue weighted by atomic mass is 10.1. The number of fused-ring (bicyclic) bond motifs is 1. The van der Waals surface area contributed by atoms with E-state index in [-0.39, 0.29) is 18.0 Å². The maximum atomic E-state index is 13.5. The molecular formula is C31H26ClN3O3. The number of hydrogen-bond donors (Lipinski definition) is 1. The van der Waals surface area contributed by atoms with Gasteiger partial charge in [0.25, 0.3) is 11.5 Å². The molecule has 0 spiro atoms. The lowest BCUT2D eigenvalue weighted by Crippen LogP contribution is -2.40. The van der Waals surface area contributed by atoms with Gasteiger partial charge in [0.05, 0.1) is 24.0 Å². The fourth-order valence-corrected chi connectivity index (χ4v) is 4.50. The Morgan fingerprint density at radius 1 is 0.737 bits per heavy atom. The summed E-state index contributed by atoms with van der Waals surface area (Å²) < 4.78 is 2.84. The van der Waals surface area contributed by atoms with Crippen molar-refractivity contribution in [3.8, 4) is 0 Å². The molecule has 5 rings (SSSR count). The number of halogens is 1. The Bertz CT molecular complexity index is 1720. The van der Waals surface area contributed by atoms with Crippen molar-refractivity contribution >= 4 is 28.4 Å². The first kappa shape index (κ1) is 25.2. The standard InChI is InChI=1S/C31H26ClN3O3/c1-21-6-8-22(9-7-21)18-33-29(36)25-14-10-23(11-15-25)20-35-30(37)27-4-2-3-5-28(27)34(31(35)38)19-24-12-16-26(32)17-13-24/h2-17H,18-20H2,1H3,(H,33,36). The lowest BCUT2D eigenvalue weighted by molar-refractivity contribution is 0.0951. The van der Waals surface area contributed by atoms with Gasteiger partial charge in [-0.25, -0.2) is 4.79 Å². The molecule has 1 aromatic heterocycles. The zero-order valence-corrected chi connectivity index (χ0v) is 21.6. The molecule has 190 valence electrons. The van der Waals surface area contributed by atoms with E-state index in [1.807, 2.05) is 49.4 Å². The van der Waals surface area contributed by atoms with Gasteiger partial charge in [-0.3, -0.25) is 18.7 Å². The van der Waals surface area contributed by atoms with Gasteiger partial charge in [-0.1, -0.05) is 77.8 Å². The number of carbonyl (C=O) groups is 1. The zero-order valence-electron chi connectivity index (χ0n) is 20.9. The van der Waals surface area contributed by atoms with Crippen LogP contribution in [0.25, 0.3) is 10.9 Å². The van der Waals surface area contributed by atoms with Crippen LogP contribution in [-0.4, -0.2) is 15.0 Å². The molecule has 0 saturated carbocycles. The Hall–Kier alpha value is -4.42. The fourth-order valence-electron chi connectivity index (χ4n) is 4.37. The van der Waals surface area contributed by atoms with E-state index in [1.165, 1.54) is 4.57 Å². The number of carbonyl (C=O) groups excluding carboxylic acids is 1. The summed E-state index contributed by atoms with van der Waals surface area (Å²) in [5.74, 6) is -0.190. The molecule has 0 radical (unpaired) electrons. The third kappa shape index (κ3) is 5.45. The predicted octanol–water partition coefficient (Wildman–Crippen LogP) is 5.15. The Morgan fingerprint density at radius 3 is 2.00 bits per heavy atom. The van der Waals surface area contributed by atoms with Crippen LogP contribution in [-0.2, 0) is 19.6 Å². The fraction of sp³-hybridized carbons (Fsp3) is 0.129. The minimum Gasteiger partial charge on any atom is -0.348 e. The Morgan fingerprint density at radius 2 is 1.32 bits per heavy atom. The highest BCUT2D eigenvalue weighted by Gasteiger charge is 2.14. The Balaban J connectivity index is 1.39. The van der Waals surface area contributed by atoms with Gasteiger partial charge in [-0.2, -0.15) is 0 Å². The molecule has 0 aliphatic rings. The summed E-state index contributed by atoms with van der Waals surface area (Å²) >= 11 is 6.02. The monoisotopic (exact) mass is 523 g/mol. The topological polar surface area (TPSA) is 73.1 Å². The second kappa shape index (κ2) is 10.9. The molecule has 1 heterocycles. The molecule has 1 N–H and O–H groups in total. The third-order valence-electron chi connectivity index (χ3n) is 6.52. The molecule has 1 amide bonds. The highest BCUT2D eigenvalue weighted by Crippen LogP contribution is 2.14. The van der Waals surface area contributed by atoms with Crippen LogP contribution in [0, 0.1) is 6.92 Å². The van der Waals surface area contributed by atoms with Crippen molar-refractivity contribution in [3.05, 3.63) is 151 Å². The molecular weight excluding hydrogens is 498 g/mol. The van der Waals surface area contributed by atoms with Gasteiger partial charge in [-0.05, 0) is 60.0 Å². The Labute approximate surface area is 224 Å². The van der Waals surface area contributed by atoms with Gasteiger partial charge in [0, 0.05) is 17.1 Å². The van der Waals surface area contributed by atoms with Crippen LogP contribution < -0.4 is 16.6 Å². The summed E-state index contributed by atoms with van der Waals surface area (Å²) in [6.45, 7) is 2.84. The molecule has 0 aliphatic carbocycles. The smallest absolute Gasteiger partial charge is 0.332 e. The molecule has 38 heavy (non-hydrogen) atoms. The van der Waals surface area contributed by atoms with Crippen LogP contribution in [0.4, 0.5) is 0 Å². The van der Waals surface area contributed by atoms with Gasteiger partial charge in [0.2, 0.25) is 0 Å². The number of aromatic nitrogens is 2. The first-order chi connectivity index (χ1) is 18.4. The quantitative estimate of drug-likeness (QED) is 0.320. The average molecular weight is 524 g/mol. The first-order valence-electron chi connectivity index (χ1n) is 12.3. The molecule has 4 aromatic carbocycles. The van der Waals surface area contributed by atoms with E-state index in [9.17, 15) is 14.4 Å². The van der Waals surface area contributed by atoms with Gasteiger partial charge in [0.1, 0.15) is 0 Å². The minimum absolute atomic E-state index is 0.0917. The minimum atomic E-state index is -0.399. The molecule has 0 saturated heterocycles. The number of para-hydroxylation sites is 1. The number of benzene rings is 4. The van der Waals surface area contributed by atoms with Crippen LogP contribution in [0.15, 0.2) is 107 Å². The van der Waals surface area contributed by atoms with Gasteiger partial charge in [-0.15, -0.1) is 0 Å². The summed E-state index contributed by atoms with van der Waals surface area (Å²) in [6, 6.07) is 29.3.